The lowest BCUT2D eigenvalue weighted by Crippen LogP contribution is -2.32. The van der Waals surface area contributed by atoms with E-state index in [1.54, 1.807) is 0 Å². The largest absolute Gasteiger partial charge is 0.469 e. The third-order valence-corrected chi connectivity index (χ3v) is 5.31. The molecule has 0 aliphatic carbocycles. The van der Waals surface area contributed by atoms with E-state index in [1.807, 2.05) is 0 Å². The van der Waals surface area contributed by atoms with Gasteiger partial charge in [0.05, 0.1) is 7.11 Å². The lowest BCUT2D eigenvalue weighted by Gasteiger charge is -2.26. The Morgan fingerprint density at radius 3 is 1.79 bits per heavy atom. The van der Waals surface area contributed by atoms with Gasteiger partial charge in [0, 0.05) is 12.5 Å². The van der Waals surface area contributed by atoms with E-state index in [9.17, 15) is 4.79 Å². The van der Waals surface area contributed by atoms with Gasteiger partial charge in [-0.05, 0) is 38.9 Å². The van der Waals surface area contributed by atoms with E-state index in [-0.39, 0.29) is 5.97 Å². The fourth-order valence-electron chi connectivity index (χ4n) is 3.07. The molecule has 0 radical (unpaired) electrons. The molecule has 3 nitrogen and oxygen atoms in total. The smallest absolute Gasteiger partial charge is 0.305 e. The summed E-state index contributed by atoms with van der Waals surface area (Å²) < 4.78 is 10.9. The molecule has 0 amide bonds. The maximum absolute atomic E-state index is 11.0. The monoisotopic (exact) mass is 358 g/mol. The van der Waals surface area contributed by atoms with Crippen molar-refractivity contribution in [1.29, 1.82) is 0 Å². The highest BCUT2D eigenvalue weighted by molar-refractivity contribution is 6.69. The van der Waals surface area contributed by atoms with Gasteiger partial charge in [0.25, 0.3) is 0 Å². The molecule has 0 heterocycles. The molecule has 0 spiro atoms. The number of methoxy groups -OCH3 is 1. The molecule has 144 valence electrons. The van der Waals surface area contributed by atoms with E-state index in [2.05, 4.69) is 31.3 Å². The number of carbonyl (C=O) groups is 1. The zero-order valence-electron chi connectivity index (χ0n) is 17.0. The number of ether oxygens (including phenoxy) is 1. The Bertz CT molecular complexity index is 300. The van der Waals surface area contributed by atoms with Gasteiger partial charge >= 0.3 is 5.97 Å². The molecule has 0 bridgehead atoms. The average molecular weight is 359 g/mol. The summed E-state index contributed by atoms with van der Waals surface area (Å²) in [6.07, 6.45) is 16.1. The number of carbonyl (C=O) groups excluding carboxylic acids is 1. The summed E-state index contributed by atoms with van der Waals surface area (Å²) in [7, 11) is 0.0688. The van der Waals surface area contributed by atoms with Gasteiger partial charge in [0.15, 0.2) is 8.32 Å². The lowest BCUT2D eigenvalue weighted by atomic mass is 10.0. The number of hydrogen-bond acceptors (Lipinski definition) is 3. The van der Waals surface area contributed by atoms with Crippen molar-refractivity contribution < 1.29 is 14.0 Å². The minimum absolute atomic E-state index is 0.0746. The van der Waals surface area contributed by atoms with Gasteiger partial charge in [-0.2, -0.15) is 0 Å². The summed E-state index contributed by atoms with van der Waals surface area (Å²) in [5.74, 6) is -0.0746. The van der Waals surface area contributed by atoms with Crippen LogP contribution >= 0.6 is 0 Å². The molecule has 0 aliphatic heterocycles. The van der Waals surface area contributed by atoms with Crippen LogP contribution in [0, 0.1) is 0 Å². The molecule has 1 atom stereocenters. The van der Waals surface area contributed by atoms with E-state index in [0.717, 1.165) is 12.8 Å². The summed E-state index contributed by atoms with van der Waals surface area (Å²) in [5, 5.41) is 0. The van der Waals surface area contributed by atoms with Crippen molar-refractivity contribution in [3.8, 4) is 0 Å². The lowest BCUT2D eigenvalue weighted by molar-refractivity contribution is -0.140. The molecule has 0 saturated heterocycles. The van der Waals surface area contributed by atoms with Crippen LogP contribution in [-0.2, 0) is 14.0 Å². The Balaban J connectivity index is 3.44. The normalized spacial score (nSPS) is 13.0. The van der Waals surface area contributed by atoms with Crippen LogP contribution < -0.4 is 0 Å². The maximum atomic E-state index is 11.0. The van der Waals surface area contributed by atoms with Gasteiger partial charge in [-0.25, -0.2) is 0 Å². The van der Waals surface area contributed by atoms with Crippen molar-refractivity contribution in [3.63, 3.8) is 0 Å². The highest BCUT2D eigenvalue weighted by Gasteiger charge is 2.20. The number of rotatable bonds is 16. The quantitative estimate of drug-likeness (QED) is 0.180. The molecule has 0 aromatic rings. The van der Waals surface area contributed by atoms with Gasteiger partial charge in [0.2, 0.25) is 0 Å². The average Bonchev–Trinajstić information content (AvgIpc) is 2.50. The molecular weight excluding hydrogens is 316 g/mol. The van der Waals surface area contributed by atoms with Crippen LogP contribution in [0.4, 0.5) is 0 Å². The van der Waals surface area contributed by atoms with Crippen LogP contribution in [0.5, 0.6) is 0 Å². The van der Waals surface area contributed by atoms with Crippen molar-refractivity contribution in [1.82, 2.24) is 0 Å². The Labute approximate surface area is 152 Å². The zero-order valence-corrected chi connectivity index (χ0v) is 18.0. The second-order valence-electron chi connectivity index (χ2n) is 7.94. The Morgan fingerprint density at radius 2 is 1.33 bits per heavy atom. The molecule has 0 fully saturated rings. The molecule has 0 aromatic heterocycles. The molecule has 0 saturated carbocycles. The van der Waals surface area contributed by atoms with Crippen LogP contribution in [0.3, 0.4) is 0 Å². The van der Waals surface area contributed by atoms with Gasteiger partial charge in [-0.1, -0.05) is 64.7 Å². The summed E-state index contributed by atoms with van der Waals surface area (Å²) in [5.41, 5.74) is 0. The summed E-state index contributed by atoms with van der Waals surface area (Å²) in [6, 6.07) is 0. The van der Waals surface area contributed by atoms with Crippen molar-refractivity contribution in [2.75, 3.05) is 7.11 Å². The van der Waals surface area contributed by atoms with Gasteiger partial charge in [0.1, 0.15) is 0 Å². The van der Waals surface area contributed by atoms with E-state index in [4.69, 9.17) is 4.43 Å². The van der Waals surface area contributed by atoms with Crippen molar-refractivity contribution in [2.24, 2.45) is 0 Å². The standard InChI is InChI=1S/C20H42O3Si/c1-6-16-19(23-24(3,4)5)17-14-12-10-8-7-9-11-13-15-18-20(21)22-2/h19H,6-18H2,1-5H3. The number of hydrogen-bond donors (Lipinski definition) is 0. The SMILES string of the molecule is CCCC(CCCCCCCCCCCC(=O)OC)O[Si](C)(C)C. The Morgan fingerprint density at radius 1 is 0.833 bits per heavy atom. The predicted octanol–water partition coefficient (Wildman–Crippen LogP) is 6.47. The van der Waals surface area contributed by atoms with E-state index in [1.165, 1.54) is 71.3 Å². The molecule has 24 heavy (non-hydrogen) atoms. The second-order valence-corrected chi connectivity index (χ2v) is 12.4. The van der Waals surface area contributed by atoms with E-state index in [0.29, 0.717) is 12.5 Å². The minimum Gasteiger partial charge on any atom is -0.469 e. The third kappa shape index (κ3) is 16.5. The highest BCUT2D eigenvalue weighted by Crippen LogP contribution is 2.18. The van der Waals surface area contributed by atoms with Gasteiger partial charge in [-0.3, -0.25) is 4.79 Å². The highest BCUT2D eigenvalue weighted by atomic mass is 28.4. The first-order valence-electron chi connectivity index (χ1n) is 10.1. The fourth-order valence-corrected chi connectivity index (χ4v) is 4.30. The fraction of sp³-hybridized carbons (Fsp3) is 0.950. The summed E-state index contributed by atoms with van der Waals surface area (Å²) in [6.45, 7) is 9.13. The number of esters is 1. The van der Waals surface area contributed by atoms with Crippen LogP contribution in [0.25, 0.3) is 0 Å². The third-order valence-electron chi connectivity index (χ3n) is 4.27. The first kappa shape index (κ1) is 23.6. The van der Waals surface area contributed by atoms with Crippen molar-refractivity contribution in [2.45, 2.75) is 116 Å². The van der Waals surface area contributed by atoms with Crippen LogP contribution in [0.15, 0.2) is 0 Å². The predicted molar refractivity (Wildman–Crippen MR) is 106 cm³/mol. The topological polar surface area (TPSA) is 35.5 Å². The molecule has 1 unspecified atom stereocenters. The minimum atomic E-state index is -1.39. The zero-order chi connectivity index (χ0) is 18.3. The van der Waals surface area contributed by atoms with E-state index >= 15 is 0 Å². The van der Waals surface area contributed by atoms with E-state index < -0.39 is 8.32 Å². The molecule has 0 rings (SSSR count). The van der Waals surface area contributed by atoms with Gasteiger partial charge in [-0.15, -0.1) is 0 Å². The first-order chi connectivity index (χ1) is 11.4. The molecular formula is C20H42O3Si. The van der Waals surface area contributed by atoms with Crippen LogP contribution in [-0.4, -0.2) is 27.5 Å². The Kier molecular flexibility index (Phi) is 14.7. The molecule has 0 aromatic carbocycles. The van der Waals surface area contributed by atoms with Gasteiger partial charge < -0.3 is 9.16 Å². The van der Waals surface area contributed by atoms with Crippen LogP contribution in [0.2, 0.25) is 19.6 Å². The molecule has 0 aliphatic rings. The van der Waals surface area contributed by atoms with Crippen molar-refractivity contribution in [3.05, 3.63) is 0 Å². The summed E-state index contributed by atoms with van der Waals surface area (Å²) in [4.78, 5) is 11.0. The molecule has 4 heteroatoms. The maximum Gasteiger partial charge on any atom is 0.305 e. The second kappa shape index (κ2) is 14.9. The van der Waals surface area contributed by atoms with Crippen molar-refractivity contribution >= 4 is 14.3 Å². The molecule has 0 N–H and O–H groups in total. The summed E-state index contributed by atoms with van der Waals surface area (Å²) >= 11 is 0. The number of unbranched alkanes of at least 4 members (excludes halogenated alkanes) is 8. The first-order valence-corrected chi connectivity index (χ1v) is 13.5. The Hall–Kier alpha value is -0.353. The van der Waals surface area contributed by atoms with Crippen LogP contribution in [0.1, 0.15) is 90.4 Å².